The van der Waals surface area contributed by atoms with Crippen molar-refractivity contribution in [2.75, 3.05) is 20.3 Å². The van der Waals surface area contributed by atoms with E-state index in [-0.39, 0.29) is 40.0 Å². The Balaban J connectivity index is 1.45. The third-order valence-electron chi connectivity index (χ3n) is 6.86. The molecular weight excluding hydrogens is 540 g/mol. The Morgan fingerprint density at radius 2 is 1.60 bits per heavy atom. The van der Waals surface area contributed by atoms with Gasteiger partial charge in [0.25, 0.3) is 0 Å². The lowest BCUT2D eigenvalue weighted by Crippen LogP contribution is -2.61. The lowest BCUT2D eigenvalue weighted by Gasteiger charge is -2.41. The van der Waals surface area contributed by atoms with Gasteiger partial charge in [0.15, 0.2) is 17.8 Å². The summed E-state index contributed by atoms with van der Waals surface area (Å²) >= 11 is 0. The van der Waals surface area contributed by atoms with Crippen LogP contribution >= 0.6 is 0 Å². The number of aliphatic hydroxyl groups is 6. The minimum Gasteiger partial charge on any atom is -0.504 e. The number of aromatic hydroxyl groups is 2. The summed E-state index contributed by atoms with van der Waals surface area (Å²) in [6.45, 7) is -0.855. The van der Waals surface area contributed by atoms with E-state index < -0.39 is 78.8 Å². The number of hydrogen-bond donors (Lipinski definition) is 8. The molecule has 0 amide bonds. The Bertz CT molecular complexity index is 1440. The number of ether oxygens (including phenoxy) is 5. The van der Waals surface area contributed by atoms with Crippen LogP contribution < -0.4 is 14.9 Å². The summed E-state index contributed by atoms with van der Waals surface area (Å²) in [4.78, 5) is 13.4. The first kappa shape index (κ1) is 28.3. The SMILES string of the molecule is COc1cc(O[C@@H]2O[C@H](CO[C@H]3OC[C@H](O)[C@@H](O)[C@@H]3O)[C@@H](O)[C@H](O)[C@H]2O)c2c(=O)c3c(O)c(O)ccc3oc2c1. The second-order valence-electron chi connectivity index (χ2n) is 9.45. The van der Waals surface area contributed by atoms with Gasteiger partial charge in [-0.1, -0.05) is 0 Å². The van der Waals surface area contributed by atoms with Crippen LogP contribution in [0.15, 0.2) is 33.5 Å². The first-order valence-corrected chi connectivity index (χ1v) is 12.1. The predicted octanol–water partition coefficient (Wildman–Crippen LogP) is -1.99. The molecule has 3 aromatic rings. The second kappa shape index (κ2) is 11.0. The number of hydrogen-bond acceptors (Lipinski definition) is 15. The summed E-state index contributed by atoms with van der Waals surface area (Å²) in [5.74, 6) is -1.36. The summed E-state index contributed by atoms with van der Waals surface area (Å²) in [6.07, 6.45) is -14.3. The maximum absolute atomic E-state index is 13.4. The van der Waals surface area contributed by atoms with E-state index in [2.05, 4.69) is 0 Å². The maximum Gasteiger partial charge on any atom is 0.229 e. The normalized spacial score (nSPS) is 32.8. The van der Waals surface area contributed by atoms with Gasteiger partial charge in [-0.3, -0.25) is 4.79 Å². The molecule has 8 N–H and O–H groups in total. The van der Waals surface area contributed by atoms with Gasteiger partial charge in [-0.2, -0.15) is 0 Å². The number of phenols is 2. The maximum atomic E-state index is 13.4. The minimum atomic E-state index is -1.83. The van der Waals surface area contributed by atoms with E-state index in [4.69, 9.17) is 28.1 Å². The van der Waals surface area contributed by atoms with E-state index >= 15 is 0 Å². The number of methoxy groups -OCH3 is 1. The average Bonchev–Trinajstić information content (AvgIpc) is 2.93. The highest BCUT2D eigenvalue weighted by atomic mass is 16.7. The molecule has 2 fully saturated rings. The number of benzene rings is 2. The summed E-state index contributed by atoms with van der Waals surface area (Å²) in [6, 6.07) is 5.07. The van der Waals surface area contributed by atoms with Crippen molar-refractivity contribution in [3.8, 4) is 23.0 Å². The third-order valence-corrected chi connectivity index (χ3v) is 6.86. The predicted molar refractivity (Wildman–Crippen MR) is 131 cm³/mol. The summed E-state index contributed by atoms with van der Waals surface area (Å²) < 4.78 is 32.9. The molecule has 0 unspecified atom stereocenters. The zero-order chi connectivity index (χ0) is 28.9. The molecule has 15 heteroatoms. The number of aliphatic hydroxyl groups excluding tert-OH is 6. The molecule has 40 heavy (non-hydrogen) atoms. The molecule has 0 aliphatic carbocycles. The summed E-state index contributed by atoms with van der Waals surface area (Å²) in [5, 5.41) is 80.6. The van der Waals surface area contributed by atoms with Crippen molar-refractivity contribution >= 4 is 21.9 Å². The van der Waals surface area contributed by atoms with Crippen LogP contribution in [-0.2, 0) is 14.2 Å². The molecule has 2 aliphatic rings. The van der Waals surface area contributed by atoms with Crippen LogP contribution in [0, 0.1) is 0 Å². The van der Waals surface area contributed by atoms with Crippen molar-refractivity contribution in [2.24, 2.45) is 0 Å². The smallest absolute Gasteiger partial charge is 0.229 e. The Kier molecular flexibility index (Phi) is 7.75. The first-order valence-electron chi connectivity index (χ1n) is 12.1. The molecule has 2 saturated heterocycles. The molecule has 9 atom stereocenters. The second-order valence-corrected chi connectivity index (χ2v) is 9.45. The monoisotopic (exact) mass is 568 g/mol. The van der Waals surface area contributed by atoms with Crippen LogP contribution in [0.2, 0.25) is 0 Å². The quantitative estimate of drug-likeness (QED) is 0.119. The molecule has 3 heterocycles. The molecule has 2 aliphatic heterocycles. The molecule has 2 aromatic carbocycles. The molecule has 15 nitrogen and oxygen atoms in total. The van der Waals surface area contributed by atoms with Crippen molar-refractivity contribution in [3.63, 3.8) is 0 Å². The van der Waals surface area contributed by atoms with Gasteiger partial charge in [-0.15, -0.1) is 0 Å². The van der Waals surface area contributed by atoms with Gasteiger partial charge in [0.1, 0.15) is 76.2 Å². The van der Waals surface area contributed by atoms with Crippen LogP contribution in [0.25, 0.3) is 21.9 Å². The molecule has 5 rings (SSSR count). The topological polar surface area (TPSA) is 238 Å². The summed E-state index contributed by atoms with van der Waals surface area (Å²) in [7, 11) is 1.34. The van der Waals surface area contributed by atoms with Crippen molar-refractivity contribution < 1.29 is 69.0 Å². The highest BCUT2D eigenvalue weighted by Gasteiger charge is 2.46. The van der Waals surface area contributed by atoms with E-state index in [1.54, 1.807) is 0 Å². The first-order chi connectivity index (χ1) is 19.0. The van der Waals surface area contributed by atoms with Gasteiger partial charge in [0.05, 0.1) is 20.3 Å². The zero-order valence-electron chi connectivity index (χ0n) is 20.9. The Morgan fingerprint density at radius 1 is 0.875 bits per heavy atom. The highest BCUT2D eigenvalue weighted by Crippen LogP contribution is 2.38. The molecule has 0 bridgehead atoms. The zero-order valence-corrected chi connectivity index (χ0v) is 20.9. The van der Waals surface area contributed by atoms with Crippen LogP contribution in [0.1, 0.15) is 0 Å². The number of rotatable bonds is 6. The van der Waals surface area contributed by atoms with Crippen molar-refractivity contribution in [1.29, 1.82) is 0 Å². The van der Waals surface area contributed by atoms with Crippen LogP contribution in [0.3, 0.4) is 0 Å². The van der Waals surface area contributed by atoms with Gasteiger partial charge >= 0.3 is 0 Å². The standard InChI is InChI=1S/C25H28O15/c1-35-8-4-12-15(20(31)16-11(38-12)3-2-9(26)17(16)28)13(5-8)39-25-23(34)21(32)19(30)14(40-25)7-37-24-22(33)18(29)10(27)6-36-24/h2-5,10,14,18-19,21-30,32-34H,6-7H2,1H3/t10-,14+,18+,19+,21-,22-,23+,24+,25+/m0/s1. The van der Waals surface area contributed by atoms with E-state index in [9.17, 15) is 45.6 Å². The van der Waals surface area contributed by atoms with E-state index in [0.29, 0.717) is 0 Å². The van der Waals surface area contributed by atoms with E-state index in [1.807, 2.05) is 0 Å². The van der Waals surface area contributed by atoms with Crippen LogP contribution in [0.4, 0.5) is 0 Å². The fraction of sp³-hybridized carbons (Fsp3) is 0.480. The van der Waals surface area contributed by atoms with Crippen LogP contribution in [0.5, 0.6) is 23.0 Å². The fourth-order valence-corrected chi connectivity index (χ4v) is 4.58. The molecule has 0 spiro atoms. The van der Waals surface area contributed by atoms with Crippen molar-refractivity contribution in [1.82, 2.24) is 0 Å². The lowest BCUT2D eigenvalue weighted by molar-refractivity contribution is -0.307. The van der Waals surface area contributed by atoms with Gasteiger partial charge in [-0.25, -0.2) is 0 Å². The minimum absolute atomic E-state index is 0.0353. The van der Waals surface area contributed by atoms with E-state index in [1.165, 1.54) is 25.3 Å². The van der Waals surface area contributed by atoms with E-state index in [0.717, 1.165) is 6.07 Å². The van der Waals surface area contributed by atoms with Crippen molar-refractivity contribution in [2.45, 2.75) is 55.3 Å². The number of phenolic OH excluding ortho intramolecular Hbond substituents is 2. The van der Waals surface area contributed by atoms with Gasteiger partial charge in [-0.05, 0) is 12.1 Å². The number of fused-ring (bicyclic) bond motifs is 2. The Labute approximate surface area is 224 Å². The molecule has 1 aromatic heterocycles. The van der Waals surface area contributed by atoms with Crippen LogP contribution in [-0.4, -0.2) is 116 Å². The van der Waals surface area contributed by atoms with Crippen molar-refractivity contribution in [3.05, 3.63) is 34.5 Å². The fourth-order valence-electron chi connectivity index (χ4n) is 4.58. The van der Waals surface area contributed by atoms with Gasteiger partial charge < -0.3 is 69.0 Å². The molecular formula is C25H28O15. The van der Waals surface area contributed by atoms with Gasteiger partial charge in [0, 0.05) is 12.1 Å². The Hall–Kier alpha value is -3.25. The lowest BCUT2D eigenvalue weighted by atomic mass is 9.99. The summed E-state index contributed by atoms with van der Waals surface area (Å²) in [5.41, 5.74) is -0.870. The molecule has 0 saturated carbocycles. The third kappa shape index (κ3) is 4.91. The largest absolute Gasteiger partial charge is 0.504 e. The van der Waals surface area contributed by atoms with Gasteiger partial charge in [0.2, 0.25) is 11.7 Å². The molecule has 0 radical (unpaired) electrons. The Morgan fingerprint density at radius 3 is 2.33 bits per heavy atom. The molecule has 218 valence electrons. The highest BCUT2D eigenvalue weighted by molar-refractivity contribution is 5.97. The average molecular weight is 568 g/mol.